The molecule has 5 nitrogen and oxygen atoms in total. The molecule has 0 fully saturated rings. The minimum absolute atomic E-state index is 0.301. The van der Waals surface area contributed by atoms with E-state index in [1.165, 1.54) is 0 Å². The first-order valence-corrected chi connectivity index (χ1v) is 4.45. The number of alkyl halides is 5. The van der Waals surface area contributed by atoms with Crippen molar-refractivity contribution in [2.24, 2.45) is 0 Å². The van der Waals surface area contributed by atoms with Crippen LogP contribution in [-0.4, -0.2) is 17.2 Å². The predicted molar refractivity (Wildman–Crippen MR) is 34.3 cm³/mol. The van der Waals surface area contributed by atoms with Gasteiger partial charge in [0, 0.05) is 0 Å². The van der Waals surface area contributed by atoms with Crippen molar-refractivity contribution in [1.82, 2.24) is 0 Å². The molecular formula is C4H4F5O5P. The minimum atomic E-state index is -6.08. The first-order valence-electron chi connectivity index (χ1n) is 2.96. The van der Waals surface area contributed by atoms with E-state index in [9.17, 15) is 26.5 Å². The number of halogens is 5. The Balaban J connectivity index is 4.39. The van der Waals surface area contributed by atoms with Gasteiger partial charge in [-0.2, -0.15) is 22.0 Å². The van der Waals surface area contributed by atoms with E-state index in [4.69, 9.17) is 4.89 Å². The summed E-state index contributed by atoms with van der Waals surface area (Å²) in [7, 11) is -5.18. The van der Waals surface area contributed by atoms with Crippen LogP contribution in [0.5, 0.6) is 0 Å². The first-order chi connectivity index (χ1) is 6.52. The van der Waals surface area contributed by atoms with Gasteiger partial charge >= 0.3 is 20.1 Å². The zero-order valence-electron chi connectivity index (χ0n) is 6.70. The molecule has 0 aromatic carbocycles. The largest absolute Gasteiger partial charge is 0.554 e. The monoisotopic (exact) mass is 258 g/mol. The second-order valence-electron chi connectivity index (χ2n) is 1.91. The van der Waals surface area contributed by atoms with Gasteiger partial charge in [-0.1, -0.05) is 6.58 Å². The molecule has 0 saturated carbocycles. The van der Waals surface area contributed by atoms with E-state index in [1.807, 2.05) is 0 Å². The van der Waals surface area contributed by atoms with Crippen LogP contribution in [-0.2, 0) is 18.7 Å². The molecule has 0 aromatic rings. The predicted octanol–water partition coefficient (Wildman–Crippen LogP) is 2.35. The van der Waals surface area contributed by atoms with Crippen LogP contribution >= 0.6 is 7.82 Å². The maximum atomic E-state index is 11.9. The van der Waals surface area contributed by atoms with Gasteiger partial charge in [0.05, 0.1) is 6.26 Å². The van der Waals surface area contributed by atoms with Crippen LogP contribution in [0.2, 0.25) is 0 Å². The van der Waals surface area contributed by atoms with Gasteiger partial charge in [0.15, 0.2) is 0 Å². The van der Waals surface area contributed by atoms with Crippen molar-refractivity contribution < 1.29 is 45.5 Å². The highest BCUT2D eigenvalue weighted by Crippen LogP contribution is 2.47. The summed E-state index contributed by atoms with van der Waals surface area (Å²) in [5.74, 6) is 0. The summed E-state index contributed by atoms with van der Waals surface area (Å²) in [4.78, 5) is 10.8. The Kier molecular flexibility index (Phi) is 4.23. The lowest BCUT2D eigenvalue weighted by molar-refractivity contribution is -0.478. The Morgan fingerprint density at radius 3 is 2.07 bits per heavy atom. The van der Waals surface area contributed by atoms with Crippen LogP contribution in [0.15, 0.2) is 12.8 Å². The maximum absolute atomic E-state index is 11.9. The van der Waals surface area contributed by atoms with Crippen molar-refractivity contribution in [3.8, 4) is 0 Å². The highest BCUT2D eigenvalue weighted by atomic mass is 31.2. The molecule has 11 heteroatoms. The van der Waals surface area contributed by atoms with Crippen molar-refractivity contribution in [2.75, 3.05) is 0 Å². The normalized spacial score (nSPS) is 16.9. The summed E-state index contributed by atoms with van der Waals surface area (Å²) in [6, 6.07) is 0. The number of phosphoric ester groups is 1. The van der Waals surface area contributed by atoms with Gasteiger partial charge in [0.25, 0.3) is 0 Å². The molecule has 0 aliphatic carbocycles. The number of hydrogen-bond acceptors (Lipinski definition) is 4. The Bertz CT molecular complexity index is 275. The fraction of sp³-hybridized carbons (Fsp3) is 0.500. The van der Waals surface area contributed by atoms with Crippen molar-refractivity contribution in [3.05, 3.63) is 12.8 Å². The number of phosphoric acid groups is 1. The van der Waals surface area contributed by atoms with Crippen LogP contribution < -0.4 is 0 Å². The van der Waals surface area contributed by atoms with Gasteiger partial charge in [-0.3, -0.25) is 4.89 Å². The van der Waals surface area contributed by atoms with Gasteiger partial charge in [0.1, 0.15) is 0 Å². The lowest BCUT2D eigenvalue weighted by Crippen LogP contribution is -2.38. The molecule has 0 bridgehead atoms. The highest BCUT2D eigenvalue weighted by Gasteiger charge is 2.62. The molecule has 0 heterocycles. The average molecular weight is 258 g/mol. The summed E-state index contributed by atoms with van der Waals surface area (Å²) in [5, 5.41) is 0. The van der Waals surface area contributed by atoms with Gasteiger partial charge in [-0.15, -0.1) is 9.56 Å². The summed E-state index contributed by atoms with van der Waals surface area (Å²) in [6.07, 6.45) is -11.5. The quantitative estimate of drug-likeness (QED) is 0.269. The molecule has 90 valence electrons. The topological polar surface area (TPSA) is 65.0 Å². The summed E-state index contributed by atoms with van der Waals surface area (Å²) < 4.78 is 74.9. The van der Waals surface area contributed by atoms with Crippen molar-refractivity contribution in [1.29, 1.82) is 0 Å². The minimum Gasteiger partial charge on any atom is -0.411 e. The van der Waals surface area contributed by atoms with Crippen LogP contribution in [0.1, 0.15) is 0 Å². The van der Waals surface area contributed by atoms with Gasteiger partial charge < -0.3 is 4.52 Å². The molecule has 0 amide bonds. The smallest absolute Gasteiger partial charge is 0.411 e. The summed E-state index contributed by atoms with van der Waals surface area (Å²) >= 11 is 0. The van der Waals surface area contributed by atoms with E-state index >= 15 is 0 Å². The van der Waals surface area contributed by atoms with Crippen LogP contribution in [0, 0.1) is 0 Å². The molecule has 0 saturated heterocycles. The number of hydrogen-bond donors (Lipinski definition) is 1. The van der Waals surface area contributed by atoms with Gasteiger partial charge in [-0.25, -0.2) is 4.57 Å². The third-order valence-corrected chi connectivity index (χ3v) is 1.45. The summed E-state index contributed by atoms with van der Waals surface area (Å²) in [6.45, 7) is 2.74. The van der Waals surface area contributed by atoms with Crippen LogP contribution in [0.4, 0.5) is 22.0 Å². The Labute approximate surface area is 79.6 Å². The SMILES string of the molecule is C=COP(=O)(O)OOC(F)(F)C(F)(F)F. The van der Waals surface area contributed by atoms with E-state index in [-0.39, 0.29) is 0 Å². The van der Waals surface area contributed by atoms with E-state index in [2.05, 4.69) is 20.7 Å². The Hall–Kier alpha value is -0.700. The van der Waals surface area contributed by atoms with Gasteiger partial charge in [-0.05, 0) is 0 Å². The molecule has 1 N–H and O–H groups in total. The third kappa shape index (κ3) is 4.56. The molecule has 0 rings (SSSR count). The van der Waals surface area contributed by atoms with Crippen LogP contribution in [0.3, 0.4) is 0 Å². The molecule has 0 aliphatic rings. The van der Waals surface area contributed by atoms with Crippen molar-refractivity contribution in [3.63, 3.8) is 0 Å². The molecular weight excluding hydrogens is 254 g/mol. The third-order valence-electron chi connectivity index (χ3n) is 0.774. The number of rotatable bonds is 5. The molecule has 0 spiro atoms. The second-order valence-corrected chi connectivity index (χ2v) is 3.21. The molecule has 15 heavy (non-hydrogen) atoms. The zero-order chi connectivity index (χ0) is 12.3. The van der Waals surface area contributed by atoms with Gasteiger partial charge in [0.2, 0.25) is 0 Å². The fourth-order valence-corrected chi connectivity index (χ4v) is 0.664. The Morgan fingerprint density at radius 2 is 1.73 bits per heavy atom. The Morgan fingerprint density at radius 1 is 1.27 bits per heavy atom. The molecule has 0 aliphatic heterocycles. The molecule has 1 atom stereocenters. The highest BCUT2D eigenvalue weighted by molar-refractivity contribution is 7.47. The molecule has 0 radical (unpaired) electrons. The van der Waals surface area contributed by atoms with Crippen molar-refractivity contribution in [2.45, 2.75) is 12.3 Å². The van der Waals surface area contributed by atoms with Crippen LogP contribution in [0.25, 0.3) is 0 Å². The van der Waals surface area contributed by atoms with E-state index in [0.29, 0.717) is 6.26 Å². The first kappa shape index (κ1) is 14.3. The van der Waals surface area contributed by atoms with E-state index < -0.39 is 20.1 Å². The maximum Gasteiger partial charge on any atom is 0.554 e. The lowest BCUT2D eigenvalue weighted by Gasteiger charge is -2.18. The van der Waals surface area contributed by atoms with Crippen molar-refractivity contribution >= 4 is 7.82 Å². The standard InChI is InChI=1S/C4H4F5O5P/c1-2-12-15(10,11)14-13-4(8,9)3(5,6)7/h2H,1H2,(H,10,11). The fourth-order valence-electron chi connectivity index (χ4n) is 0.253. The van der Waals surface area contributed by atoms with E-state index in [0.717, 1.165) is 0 Å². The molecule has 1 unspecified atom stereocenters. The average Bonchev–Trinajstić information content (AvgIpc) is 1.99. The second kappa shape index (κ2) is 4.44. The van der Waals surface area contributed by atoms with E-state index in [1.54, 1.807) is 0 Å². The summed E-state index contributed by atoms with van der Waals surface area (Å²) in [5.41, 5.74) is 0. The zero-order valence-corrected chi connectivity index (χ0v) is 7.60. The molecule has 0 aromatic heterocycles. The lowest BCUT2D eigenvalue weighted by atomic mass is 10.6.